The lowest BCUT2D eigenvalue weighted by atomic mass is 10.1. The molecule has 0 spiro atoms. The first-order valence-electron chi connectivity index (χ1n) is 8.04. The molecule has 3 aromatic carbocycles. The first-order chi connectivity index (χ1) is 12.6. The van der Waals surface area contributed by atoms with E-state index in [1.807, 2.05) is 30.3 Å². The maximum Gasteiger partial charge on any atom is 0.337 e. The van der Waals surface area contributed by atoms with Crippen molar-refractivity contribution < 1.29 is 19.4 Å². The van der Waals surface area contributed by atoms with Crippen LogP contribution in [0.1, 0.15) is 26.3 Å². The number of hydrogen-bond acceptors (Lipinski definition) is 3. The molecule has 0 fully saturated rings. The second kappa shape index (κ2) is 7.98. The quantitative estimate of drug-likeness (QED) is 0.700. The Morgan fingerprint density at radius 3 is 2.19 bits per heavy atom. The van der Waals surface area contributed by atoms with Gasteiger partial charge in [0.15, 0.2) is 0 Å². The number of benzene rings is 3. The maximum absolute atomic E-state index is 12.3. The van der Waals surface area contributed by atoms with Crippen molar-refractivity contribution in [3.05, 3.63) is 95.6 Å². The average molecular weight is 347 g/mol. The van der Waals surface area contributed by atoms with E-state index in [0.717, 1.165) is 5.56 Å². The summed E-state index contributed by atoms with van der Waals surface area (Å²) in [7, 11) is 0. The molecule has 0 saturated carbocycles. The van der Waals surface area contributed by atoms with Gasteiger partial charge in [0.1, 0.15) is 12.4 Å². The lowest BCUT2D eigenvalue weighted by molar-refractivity contribution is 0.0698. The fourth-order valence-electron chi connectivity index (χ4n) is 2.42. The molecule has 0 saturated heterocycles. The molecule has 0 heterocycles. The first kappa shape index (κ1) is 17.2. The molecule has 1 amide bonds. The van der Waals surface area contributed by atoms with Gasteiger partial charge in [0.2, 0.25) is 0 Å². The van der Waals surface area contributed by atoms with Crippen molar-refractivity contribution in [3.8, 4) is 5.75 Å². The molecule has 0 aromatic heterocycles. The van der Waals surface area contributed by atoms with E-state index in [2.05, 4.69) is 5.32 Å². The Morgan fingerprint density at radius 1 is 0.846 bits per heavy atom. The monoisotopic (exact) mass is 347 g/mol. The predicted molar refractivity (Wildman–Crippen MR) is 98.6 cm³/mol. The van der Waals surface area contributed by atoms with E-state index in [9.17, 15) is 14.7 Å². The molecule has 0 unspecified atom stereocenters. The predicted octanol–water partition coefficient (Wildman–Crippen LogP) is 4.22. The SMILES string of the molecule is O=C(Nc1ccccc1C(=O)O)c1ccc(OCc2ccccc2)cc1. The summed E-state index contributed by atoms with van der Waals surface area (Å²) in [5, 5.41) is 11.8. The van der Waals surface area contributed by atoms with E-state index in [4.69, 9.17) is 4.74 Å². The van der Waals surface area contributed by atoms with Crippen LogP contribution in [0.4, 0.5) is 5.69 Å². The molecule has 0 atom stereocenters. The molecule has 0 aliphatic rings. The summed E-state index contributed by atoms with van der Waals surface area (Å²) in [6.07, 6.45) is 0. The van der Waals surface area contributed by atoms with Crippen LogP contribution in [-0.2, 0) is 6.61 Å². The largest absolute Gasteiger partial charge is 0.489 e. The van der Waals surface area contributed by atoms with Gasteiger partial charge in [-0.1, -0.05) is 42.5 Å². The zero-order valence-corrected chi connectivity index (χ0v) is 13.9. The topological polar surface area (TPSA) is 75.6 Å². The van der Waals surface area contributed by atoms with Crippen molar-refractivity contribution in [2.75, 3.05) is 5.32 Å². The Morgan fingerprint density at radius 2 is 1.50 bits per heavy atom. The molecular weight excluding hydrogens is 330 g/mol. The van der Waals surface area contributed by atoms with Crippen LogP contribution in [0, 0.1) is 0 Å². The minimum atomic E-state index is -1.09. The highest BCUT2D eigenvalue weighted by Crippen LogP contribution is 2.18. The maximum atomic E-state index is 12.3. The zero-order valence-electron chi connectivity index (χ0n) is 13.9. The van der Waals surface area contributed by atoms with E-state index in [-0.39, 0.29) is 17.2 Å². The van der Waals surface area contributed by atoms with Crippen LogP contribution in [-0.4, -0.2) is 17.0 Å². The molecule has 0 radical (unpaired) electrons. The average Bonchev–Trinajstić information content (AvgIpc) is 2.68. The second-order valence-corrected chi connectivity index (χ2v) is 5.60. The van der Waals surface area contributed by atoms with Crippen LogP contribution in [0.15, 0.2) is 78.9 Å². The number of carbonyl (C=O) groups excluding carboxylic acids is 1. The van der Waals surface area contributed by atoms with Gasteiger partial charge in [-0.15, -0.1) is 0 Å². The standard InChI is InChI=1S/C21H17NO4/c23-20(22-19-9-5-4-8-18(19)21(24)25)16-10-12-17(13-11-16)26-14-15-6-2-1-3-7-15/h1-13H,14H2,(H,22,23)(H,24,25). The smallest absolute Gasteiger partial charge is 0.337 e. The van der Waals surface area contributed by atoms with Gasteiger partial charge in [0, 0.05) is 5.56 Å². The molecule has 26 heavy (non-hydrogen) atoms. The van der Waals surface area contributed by atoms with E-state index in [0.29, 0.717) is 17.9 Å². The molecule has 2 N–H and O–H groups in total. The number of anilines is 1. The molecule has 5 heteroatoms. The number of rotatable bonds is 6. The number of amides is 1. The number of para-hydroxylation sites is 1. The van der Waals surface area contributed by atoms with Crippen molar-refractivity contribution in [1.29, 1.82) is 0 Å². The van der Waals surface area contributed by atoms with E-state index in [1.54, 1.807) is 42.5 Å². The summed E-state index contributed by atoms with van der Waals surface area (Å²) in [5.41, 5.74) is 1.77. The number of carbonyl (C=O) groups is 2. The van der Waals surface area contributed by atoms with E-state index >= 15 is 0 Å². The second-order valence-electron chi connectivity index (χ2n) is 5.60. The highest BCUT2D eigenvalue weighted by atomic mass is 16.5. The van der Waals surface area contributed by atoms with E-state index < -0.39 is 5.97 Å². The summed E-state index contributed by atoms with van der Waals surface area (Å²) >= 11 is 0. The molecule has 3 rings (SSSR count). The summed E-state index contributed by atoms with van der Waals surface area (Å²) in [6, 6.07) is 22.8. The van der Waals surface area contributed by atoms with Crippen LogP contribution in [0.25, 0.3) is 0 Å². The van der Waals surface area contributed by atoms with Crippen molar-refractivity contribution in [2.45, 2.75) is 6.61 Å². The first-order valence-corrected chi connectivity index (χ1v) is 8.04. The van der Waals surface area contributed by atoms with Gasteiger partial charge in [0.25, 0.3) is 5.91 Å². The molecular formula is C21H17NO4. The Bertz CT molecular complexity index is 905. The molecule has 0 aliphatic carbocycles. The van der Waals surface area contributed by atoms with Crippen LogP contribution >= 0.6 is 0 Å². The Kier molecular flexibility index (Phi) is 5.29. The lowest BCUT2D eigenvalue weighted by Gasteiger charge is -2.09. The highest BCUT2D eigenvalue weighted by molar-refractivity contribution is 6.07. The van der Waals surface area contributed by atoms with Crippen molar-refractivity contribution in [1.82, 2.24) is 0 Å². The molecule has 3 aromatic rings. The number of carboxylic acids is 1. The molecule has 0 bridgehead atoms. The summed E-state index contributed by atoms with van der Waals surface area (Å²) in [4.78, 5) is 23.5. The van der Waals surface area contributed by atoms with Gasteiger partial charge in [-0.3, -0.25) is 4.79 Å². The highest BCUT2D eigenvalue weighted by Gasteiger charge is 2.13. The molecule has 0 aliphatic heterocycles. The van der Waals surface area contributed by atoms with Crippen molar-refractivity contribution in [2.24, 2.45) is 0 Å². The van der Waals surface area contributed by atoms with Gasteiger partial charge < -0.3 is 15.2 Å². The molecule has 5 nitrogen and oxygen atoms in total. The van der Waals surface area contributed by atoms with Gasteiger partial charge in [-0.25, -0.2) is 4.79 Å². The van der Waals surface area contributed by atoms with Gasteiger partial charge in [-0.05, 0) is 42.0 Å². The van der Waals surface area contributed by atoms with Gasteiger partial charge >= 0.3 is 5.97 Å². The minimum absolute atomic E-state index is 0.0451. The third-order valence-corrected chi connectivity index (χ3v) is 3.77. The van der Waals surface area contributed by atoms with Gasteiger partial charge in [0.05, 0.1) is 11.3 Å². The number of nitrogens with one attached hydrogen (secondary N) is 1. The zero-order chi connectivity index (χ0) is 18.4. The number of aromatic carboxylic acids is 1. The fraction of sp³-hybridized carbons (Fsp3) is 0.0476. The van der Waals surface area contributed by atoms with Crippen molar-refractivity contribution in [3.63, 3.8) is 0 Å². The number of carboxylic acid groups (broad SMARTS) is 1. The third kappa shape index (κ3) is 4.27. The Hall–Kier alpha value is -3.60. The minimum Gasteiger partial charge on any atom is -0.489 e. The van der Waals surface area contributed by atoms with Gasteiger partial charge in [-0.2, -0.15) is 0 Å². The normalized spacial score (nSPS) is 10.2. The summed E-state index contributed by atoms with van der Waals surface area (Å²) in [6.45, 7) is 0.443. The van der Waals surface area contributed by atoms with Crippen LogP contribution in [0.2, 0.25) is 0 Å². The third-order valence-electron chi connectivity index (χ3n) is 3.77. The van der Waals surface area contributed by atoms with Crippen LogP contribution in [0.3, 0.4) is 0 Å². The number of hydrogen-bond donors (Lipinski definition) is 2. The van der Waals surface area contributed by atoms with E-state index in [1.165, 1.54) is 6.07 Å². The fourth-order valence-corrected chi connectivity index (χ4v) is 2.42. The lowest BCUT2D eigenvalue weighted by Crippen LogP contribution is -2.14. The number of ether oxygens (including phenoxy) is 1. The molecule has 130 valence electrons. The summed E-state index contributed by atoms with van der Waals surface area (Å²) < 4.78 is 5.69. The summed E-state index contributed by atoms with van der Waals surface area (Å²) in [5.74, 6) is -0.824. The van der Waals surface area contributed by atoms with Crippen molar-refractivity contribution >= 4 is 17.6 Å². The van der Waals surface area contributed by atoms with Crippen LogP contribution < -0.4 is 10.1 Å². The Labute approximate surface area is 150 Å². The van der Waals surface area contributed by atoms with Crippen LogP contribution in [0.5, 0.6) is 5.75 Å². The Balaban J connectivity index is 1.65.